The van der Waals surface area contributed by atoms with Gasteiger partial charge in [0.1, 0.15) is 0 Å². The molecule has 3 rings (SSSR count). The van der Waals surface area contributed by atoms with Gasteiger partial charge < -0.3 is 9.80 Å². The van der Waals surface area contributed by atoms with Crippen molar-refractivity contribution < 1.29 is 4.79 Å². The molecule has 1 aromatic heterocycles. The second-order valence-electron chi connectivity index (χ2n) is 4.97. The van der Waals surface area contributed by atoms with Crippen LogP contribution >= 0.6 is 24.0 Å². The smallest absolute Gasteiger partial charge is 0.255 e. The van der Waals surface area contributed by atoms with E-state index in [4.69, 9.17) is 11.6 Å². The Morgan fingerprint density at radius 1 is 1.05 bits per heavy atom. The summed E-state index contributed by atoms with van der Waals surface area (Å²) in [6, 6.07) is 11.4. The summed E-state index contributed by atoms with van der Waals surface area (Å²) in [5.74, 6) is 0.0434. The third-order valence-corrected chi connectivity index (χ3v) is 3.99. The highest BCUT2D eigenvalue weighted by Gasteiger charge is 2.23. The molecule has 0 aliphatic carbocycles. The van der Waals surface area contributed by atoms with E-state index in [1.807, 2.05) is 29.2 Å². The van der Waals surface area contributed by atoms with E-state index in [0.29, 0.717) is 18.7 Å². The molecule has 6 heteroatoms. The molecular formula is C16H17Cl2N3O. The lowest BCUT2D eigenvalue weighted by Crippen LogP contribution is -2.48. The predicted molar refractivity (Wildman–Crippen MR) is 91.1 cm³/mol. The topological polar surface area (TPSA) is 36.4 Å². The van der Waals surface area contributed by atoms with Gasteiger partial charge in [0.15, 0.2) is 0 Å². The lowest BCUT2D eigenvalue weighted by atomic mass is 10.2. The number of benzene rings is 1. The number of hydrogen-bond donors (Lipinski definition) is 0. The maximum atomic E-state index is 12.4. The van der Waals surface area contributed by atoms with Gasteiger partial charge in [0, 0.05) is 38.6 Å². The Bertz CT molecular complexity index is 628. The van der Waals surface area contributed by atoms with Crippen molar-refractivity contribution >= 4 is 35.6 Å². The van der Waals surface area contributed by atoms with Crippen LogP contribution in [0.3, 0.4) is 0 Å². The van der Waals surface area contributed by atoms with Crippen molar-refractivity contribution in [1.82, 2.24) is 9.88 Å². The first kappa shape index (κ1) is 16.6. The number of rotatable bonds is 2. The number of para-hydroxylation sites is 1. The Hall–Kier alpha value is -1.78. The van der Waals surface area contributed by atoms with Gasteiger partial charge in [0.2, 0.25) is 0 Å². The van der Waals surface area contributed by atoms with Crippen LogP contribution in [0.4, 0.5) is 5.69 Å². The summed E-state index contributed by atoms with van der Waals surface area (Å²) in [6.45, 7) is 2.96. The summed E-state index contributed by atoms with van der Waals surface area (Å²) in [5, 5.41) is 0.754. The molecule has 22 heavy (non-hydrogen) atoms. The van der Waals surface area contributed by atoms with Gasteiger partial charge in [-0.15, -0.1) is 12.4 Å². The lowest BCUT2D eigenvalue weighted by Gasteiger charge is -2.36. The number of carbonyl (C=O) groups excluding carboxylic acids is 1. The van der Waals surface area contributed by atoms with Crippen molar-refractivity contribution in [3.8, 4) is 0 Å². The van der Waals surface area contributed by atoms with Gasteiger partial charge in [-0.25, -0.2) is 0 Å². The van der Waals surface area contributed by atoms with Crippen LogP contribution in [-0.4, -0.2) is 42.0 Å². The van der Waals surface area contributed by atoms with E-state index in [1.54, 1.807) is 24.5 Å². The molecule has 0 atom stereocenters. The Kier molecular flexibility index (Phi) is 5.63. The molecule has 1 fully saturated rings. The highest BCUT2D eigenvalue weighted by atomic mass is 35.5. The summed E-state index contributed by atoms with van der Waals surface area (Å²) < 4.78 is 0. The second kappa shape index (κ2) is 7.47. The van der Waals surface area contributed by atoms with Crippen molar-refractivity contribution in [2.45, 2.75) is 0 Å². The molecule has 1 aliphatic heterocycles. The highest BCUT2D eigenvalue weighted by Crippen LogP contribution is 2.26. The molecule has 4 nitrogen and oxygen atoms in total. The number of pyridine rings is 1. The molecule has 2 heterocycles. The van der Waals surface area contributed by atoms with Gasteiger partial charge in [0.05, 0.1) is 16.3 Å². The average molecular weight is 338 g/mol. The van der Waals surface area contributed by atoms with Crippen LogP contribution in [0, 0.1) is 0 Å². The Morgan fingerprint density at radius 2 is 1.77 bits per heavy atom. The number of hydrogen-bond acceptors (Lipinski definition) is 3. The molecule has 0 unspecified atom stereocenters. The summed E-state index contributed by atoms with van der Waals surface area (Å²) in [5.41, 5.74) is 1.68. The van der Waals surface area contributed by atoms with Gasteiger partial charge in [0.25, 0.3) is 5.91 Å². The minimum Gasteiger partial charge on any atom is -0.367 e. The van der Waals surface area contributed by atoms with Crippen LogP contribution in [0.25, 0.3) is 0 Å². The van der Waals surface area contributed by atoms with E-state index in [2.05, 4.69) is 9.88 Å². The van der Waals surface area contributed by atoms with Crippen molar-refractivity contribution in [2.24, 2.45) is 0 Å². The number of aromatic nitrogens is 1. The number of nitrogens with zero attached hydrogens (tertiary/aromatic N) is 3. The van der Waals surface area contributed by atoms with Crippen LogP contribution in [0.5, 0.6) is 0 Å². The van der Waals surface area contributed by atoms with Gasteiger partial charge in [-0.2, -0.15) is 0 Å². The first-order valence-electron chi connectivity index (χ1n) is 6.94. The molecule has 116 valence electrons. The lowest BCUT2D eigenvalue weighted by molar-refractivity contribution is 0.0746. The molecule has 1 saturated heterocycles. The molecule has 0 saturated carbocycles. The maximum Gasteiger partial charge on any atom is 0.255 e. The number of halogens is 2. The fourth-order valence-electron chi connectivity index (χ4n) is 2.53. The fraction of sp³-hybridized carbons (Fsp3) is 0.250. The van der Waals surface area contributed by atoms with Gasteiger partial charge >= 0.3 is 0 Å². The first-order valence-corrected chi connectivity index (χ1v) is 7.32. The molecule has 2 aromatic rings. The van der Waals surface area contributed by atoms with Crippen LogP contribution < -0.4 is 4.90 Å². The van der Waals surface area contributed by atoms with Gasteiger partial charge in [-0.05, 0) is 24.3 Å². The van der Waals surface area contributed by atoms with Crippen molar-refractivity contribution in [1.29, 1.82) is 0 Å². The highest BCUT2D eigenvalue weighted by molar-refractivity contribution is 6.33. The zero-order valence-corrected chi connectivity index (χ0v) is 13.6. The van der Waals surface area contributed by atoms with E-state index in [0.717, 1.165) is 23.8 Å². The van der Waals surface area contributed by atoms with E-state index < -0.39 is 0 Å². The van der Waals surface area contributed by atoms with Gasteiger partial charge in [-0.1, -0.05) is 23.7 Å². The molecule has 0 bridgehead atoms. The standard InChI is InChI=1S/C16H16ClN3O.ClH/c17-14-5-1-2-6-15(14)19-8-10-20(11-9-19)16(21)13-4-3-7-18-12-13;/h1-7,12H,8-11H2;1H. The molecule has 1 amide bonds. The van der Waals surface area contributed by atoms with E-state index in [-0.39, 0.29) is 18.3 Å². The summed E-state index contributed by atoms with van der Waals surface area (Å²) in [6.07, 6.45) is 3.29. The number of amides is 1. The second-order valence-corrected chi connectivity index (χ2v) is 5.38. The van der Waals surface area contributed by atoms with Crippen LogP contribution in [0.1, 0.15) is 10.4 Å². The Balaban J connectivity index is 0.00000176. The summed E-state index contributed by atoms with van der Waals surface area (Å²) in [4.78, 5) is 20.4. The molecule has 0 N–H and O–H groups in total. The molecular weight excluding hydrogens is 321 g/mol. The maximum absolute atomic E-state index is 12.4. The minimum atomic E-state index is 0. The largest absolute Gasteiger partial charge is 0.367 e. The van der Waals surface area contributed by atoms with E-state index in [9.17, 15) is 4.79 Å². The Labute approximate surface area is 141 Å². The van der Waals surface area contributed by atoms with Crippen molar-refractivity contribution in [3.05, 3.63) is 59.4 Å². The Morgan fingerprint density at radius 3 is 2.41 bits per heavy atom. The monoisotopic (exact) mass is 337 g/mol. The zero-order valence-electron chi connectivity index (χ0n) is 12.0. The number of anilines is 1. The van der Waals surface area contributed by atoms with Crippen molar-refractivity contribution in [3.63, 3.8) is 0 Å². The molecule has 1 aromatic carbocycles. The van der Waals surface area contributed by atoms with Crippen LogP contribution in [0.2, 0.25) is 5.02 Å². The van der Waals surface area contributed by atoms with Crippen molar-refractivity contribution in [2.75, 3.05) is 31.1 Å². The van der Waals surface area contributed by atoms with Crippen LogP contribution in [-0.2, 0) is 0 Å². The van der Waals surface area contributed by atoms with E-state index >= 15 is 0 Å². The molecule has 0 radical (unpaired) electrons. The molecule has 0 spiro atoms. The van der Waals surface area contributed by atoms with Gasteiger partial charge in [-0.3, -0.25) is 9.78 Å². The minimum absolute atomic E-state index is 0. The third kappa shape index (κ3) is 3.51. The third-order valence-electron chi connectivity index (χ3n) is 3.67. The number of piperazine rings is 1. The fourth-order valence-corrected chi connectivity index (χ4v) is 2.79. The predicted octanol–water partition coefficient (Wildman–Crippen LogP) is 3.12. The average Bonchev–Trinajstić information content (AvgIpc) is 2.56. The normalized spacial score (nSPS) is 14.4. The summed E-state index contributed by atoms with van der Waals surface area (Å²) >= 11 is 6.22. The number of carbonyl (C=O) groups is 1. The molecule has 1 aliphatic rings. The van der Waals surface area contributed by atoms with E-state index in [1.165, 1.54) is 0 Å². The zero-order chi connectivity index (χ0) is 14.7. The summed E-state index contributed by atoms with van der Waals surface area (Å²) in [7, 11) is 0. The quantitative estimate of drug-likeness (QED) is 0.844. The van der Waals surface area contributed by atoms with Crippen LogP contribution in [0.15, 0.2) is 48.8 Å². The SMILES string of the molecule is Cl.O=C(c1cccnc1)N1CCN(c2ccccc2Cl)CC1. The first-order chi connectivity index (χ1) is 10.3.